The van der Waals surface area contributed by atoms with Crippen LogP contribution in [0.2, 0.25) is 0 Å². The van der Waals surface area contributed by atoms with Gasteiger partial charge in [0.15, 0.2) is 5.82 Å². The van der Waals surface area contributed by atoms with Gasteiger partial charge in [-0.05, 0) is 38.2 Å². The molecule has 1 aliphatic carbocycles. The molecule has 0 aliphatic heterocycles. The van der Waals surface area contributed by atoms with Crippen molar-refractivity contribution < 1.29 is 0 Å². The monoisotopic (exact) mass is 278 g/mol. The van der Waals surface area contributed by atoms with Crippen molar-refractivity contribution in [3.63, 3.8) is 0 Å². The Morgan fingerprint density at radius 1 is 1.00 bits per heavy atom. The predicted octanol–water partition coefficient (Wildman–Crippen LogP) is 3.37. The molecule has 1 aromatic carbocycles. The predicted molar refractivity (Wildman–Crippen MR) is 82.2 cm³/mol. The summed E-state index contributed by atoms with van der Waals surface area (Å²) in [5.74, 6) is 1.48. The minimum Gasteiger partial charge on any atom is -0.219 e. The molecule has 0 radical (unpaired) electrons. The molecule has 106 valence electrons. The topological polar surface area (TPSA) is 43.1 Å². The molecule has 0 atom stereocenters. The van der Waals surface area contributed by atoms with Crippen LogP contribution in [0.3, 0.4) is 0 Å². The van der Waals surface area contributed by atoms with E-state index < -0.39 is 0 Å². The first-order chi connectivity index (χ1) is 10.3. The molecule has 0 fully saturated rings. The number of aromatic nitrogens is 4. The van der Waals surface area contributed by atoms with Crippen LogP contribution in [-0.4, -0.2) is 19.6 Å². The summed E-state index contributed by atoms with van der Waals surface area (Å²) in [6, 6.07) is 8.33. The fraction of sp³-hybridized carbons (Fsp3) is 0.353. The van der Waals surface area contributed by atoms with Gasteiger partial charge in [0, 0.05) is 11.8 Å². The SMILES string of the molecule is Cc1ccc(-c2nc3ncc4c(n3n2)CCCCC4)cc1. The number of aryl methyl sites for hydroxylation is 3. The average molecular weight is 278 g/mol. The van der Waals surface area contributed by atoms with E-state index in [4.69, 9.17) is 5.10 Å². The van der Waals surface area contributed by atoms with Crippen LogP contribution in [0.5, 0.6) is 0 Å². The summed E-state index contributed by atoms with van der Waals surface area (Å²) >= 11 is 0. The molecule has 0 unspecified atom stereocenters. The van der Waals surface area contributed by atoms with E-state index in [1.165, 1.54) is 36.1 Å². The molecular formula is C17H18N4. The van der Waals surface area contributed by atoms with Crippen LogP contribution in [0, 0.1) is 6.92 Å². The van der Waals surface area contributed by atoms with Crippen LogP contribution in [0.15, 0.2) is 30.5 Å². The zero-order chi connectivity index (χ0) is 14.2. The van der Waals surface area contributed by atoms with Gasteiger partial charge in [0.25, 0.3) is 5.78 Å². The van der Waals surface area contributed by atoms with Crippen molar-refractivity contribution in [2.24, 2.45) is 0 Å². The van der Waals surface area contributed by atoms with Crippen LogP contribution in [-0.2, 0) is 12.8 Å². The van der Waals surface area contributed by atoms with Crippen molar-refractivity contribution in [3.05, 3.63) is 47.3 Å². The lowest BCUT2D eigenvalue weighted by molar-refractivity contribution is 0.702. The van der Waals surface area contributed by atoms with E-state index in [2.05, 4.69) is 41.2 Å². The third kappa shape index (κ3) is 2.20. The Labute approximate surface area is 123 Å². The molecule has 4 heteroatoms. The maximum Gasteiger partial charge on any atom is 0.252 e. The molecule has 1 aliphatic rings. The van der Waals surface area contributed by atoms with Gasteiger partial charge in [-0.1, -0.05) is 36.2 Å². The van der Waals surface area contributed by atoms with E-state index in [1.54, 1.807) is 0 Å². The van der Waals surface area contributed by atoms with E-state index in [9.17, 15) is 0 Å². The number of benzene rings is 1. The van der Waals surface area contributed by atoms with Crippen molar-refractivity contribution in [2.75, 3.05) is 0 Å². The third-order valence-electron chi connectivity index (χ3n) is 4.22. The van der Waals surface area contributed by atoms with Gasteiger partial charge in [0.2, 0.25) is 0 Å². The zero-order valence-electron chi connectivity index (χ0n) is 12.2. The molecule has 4 rings (SSSR count). The molecule has 3 aromatic rings. The summed E-state index contributed by atoms with van der Waals surface area (Å²) in [6.45, 7) is 2.09. The van der Waals surface area contributed by atoms with Crippen molar-refractivity contribution in [1.82, 2.24) is 19.6 Å². The van der Waals surface area contributed by atoms with Gasteiger partial charge in [-0.15, -0.1) is 5.10 Å². The molecule has 2 heterocycles. The Morgan fingerprint density at radius 3 is 2.67 bits per heavy atom. The van der Waals surface area contributed by atoms with Crippen LogP contribution < -0.4 is 0 Å². The third-order valence-corrected chi connectivity index (χ3v) is 4.22. The standard InChI is InChI=1S/C17H18N4/c1-12-7-9-13(10-8-12)16-19-17-18-11-14-5-3-2-4-6-15(14)21(17)20-16/h7-11H,2-6H2,1H3. The quantitative estimate of drug-likeness (QED) is 0.641. The molecule has 21 heavy (non-hydrogen) atoms. The molecule has 0 saturated heterocycles. The normalized spacial score (nSPS) is 14.9. The first kappa shape index (κ1) is 12.5. The molecule has 0 N–H and O–H groups in total. The smallest absolute Gasteiger partial charge is 0.219 e. The van der Waals surface area contributed by atoms with Crippen molar-refractivity contribution >= 4 is 5.78 Å². The van der Waals surface area contributed by atoms with E-state index in [0.717, 1.165) is 24.2 Å². The number of nitrogens with zero attached hydrogens (tertiary/aromatic N) is 4. The van der Waals surface area contributed by atoms with Crippen molar-refractivity contribution in [2.45, 2.75) is 39.0 Å². The molecule has 4 nitrogen and oxygen atoms in total. The van der Waals surface area contributed by atoms with Crippen LogP contribution in [0.4, 0.5) is 0 Å². The lowest BCUT2D eigenvalue weighted by Crippen LogP contribution is -2.04. The highest BCUT2D eigenvalue weighted by atomic mass is 15.3. The van der Waals surface area contributed by atoms with Gasteiger partial charge in [-0.3, -0.25) is 0 Å². The van der Waals surface area contributed by atoms with Crippen LogP contribution >= 0.6 is 0 Å². The second kappa shape index (κ2) is 4.95. The van der Waals surface area contributed by atoms with Crippen molar-refractivity contribution in [1.29, 1.82) is 0 Å². The molecule has 0 bridgehead atoms. The number of fused-ring (bicyclic) bond motifs is 3. The molecule has 0 spiro atoms. The van der Waals surface area contributed by atoms with E-state index in [1.807, 2.05) is 10.7 Å². The summed E-state index contributed by atoms with van der Waals surface area (Å²) < 4.78 is 1.95. The summed E-state index contributed by atoms with van der Waals surface area (Å²) in [7, 11) is 0. The maximum absolute atomic E-state index is 4.71. The summed E-state index contributed by atoms with van der Waals surface area (Å²) in [5, 5.41) is 4.71. The molecule has 0 amide bonds. The minimum absolute atomic E-state index is 0.714. The summed E-state index contributed by atoms with van der Waals surface area (Å²) in [6.07, 6.45) is 7.94. The maximum atomic E-state index is 4.71. The van der Waals surface area contributed by atoms with Gasteiger partial charge >= 0.3 is 0 Å². The van der Waals surface area contributed by atoms with E-state index >= 15 is 0 Å². The average Bonchev–Trinajstić information content (AvgIpc) is 2.79. The van der Waals surface area contributed by atoms with Crippen molar-refractivity contribution in [3.8, 4) is 11.4 Å². The summed E-state index contributed by atoms with van der Waals surface area (Å²) in [5.41, 5.74) is 4.92. The largest absolute Gasteiger partial charge is 0.252 e. The Kier molecular flexibility index (Phi) is 2.95. The second-order valence-corrected chi connectivity index (χ2v) is 5.80. The molecule has 0 saturated carbocycles. The lowest BCUT2D eigenvalue weighted by Gasteiger charge is -2.05. The lowest BCUT2D eigenvalue weighted by atomic mass is 10.1. The molecular weight excluding hydrogens is 260 g/mol. The Bertz CT molecular complexity index is 786. The van der Waals surface area contributed by atoms with E-state index in [0.29, 0.717) is 5.78 Å². The number of hydrogen-bond acceptors (Lipinski definition) is 3. The zero-order valence-corrected chi connectivity index (χ0v) is 12.2. The fourth-order valence-electron chi connectivity index (χ4n) is 3.00. The van der Waals surface area contributed by atoms with Crippen LogP contribution in [0.25, 0.3) is 17.2 Å². The number of rotatable bonds is 1. The highest BCUT2D eigenvalue weighted by Gasteiger charge is 2.15. The highest BCUT2D eigenvalue weighted by Crippen LogP contribution is 2.22. The Morgan fingerprint density at radius 2 is 1.81 bits per heavy atom. The number of hydrogen-bond donors (Lipinski definition) is 0. The minimum atomic E-state index is 0.714. The Hall–Kier alpha value is -2.23. The summed E-state index contributed by atoms with van der Waals surface area (Å²) in [4.78, 5) is 9.08. The van der Waals surface area contributed by atoms with Gasteiger partial charge in [0.05, 0.1) is 5.69 Å². The highest BCUT2D eigenvalue weighted by molar-refractivity contribution is 5.57. The fourth-order valence-corrected chi connectivity index (χ4v) is 3.00. The first-order valence-electron chi connectivity index (χ1n) is 7.62. The Balaban J connectivity index is 1.86. The first-order valence-corrected chi connectivity index (χ1v) is 7.62. The van der Waals surface area contributed by atoms with Crippen LogP contribution in [0.1, 0.15) is 36.1 Å². The van der Waals surface area contributed by atoms with Gasteiger partial charge in [-0.25, -0.2) is 9.50 Å². The van der Waals surface area contributed by atoms with Gasteiger partial charge < -0.3 is 0 Å². The second-order valence-electron chi connectivity index (χ2n) is 5.80. The van der Waals surface area contributed by atoms with E-state index in [-0.39, 0.29) is 0 Å². The van der Waals surface area contributed by atoms with Gasteiger partial charge in [0.1, 0.15) is 0 Å². The van der Waals surface area contributed by atoms with Gasteiger partial charge in [-0.2, -0.15) is 4.98 Å². The molecule has 2 aromatic heterocycles.